The van der Waals surface area contributed by atoms with E-state index in [1.165, 1.54) is 11.3 Å². The Balaban J connectivity index is 2.35. The van der Waals surface area contributed by atoms with Crippen molar-refractivity contribution in [3.05, 3.63) is 37.7 Å². The molecule has 0 saturated heterocycles. The maximum absolute atomic E-state index is 10.2. The van der Waals surface area contributed by atoms with E-state index in [0.29, 0.717) is 4.34 Å². The summed E-state index contributed by atoms with van der Waals surface area (Å²) in [6.45, 7) is 2.72. The number of aliphatic hydroxyl groups excluding tert-OH is 1. The molecule has 16 heavy (non-hydrogen) atoms. The van der Waals surface area contributed by atoms with Crippen molar-refractivity contribution in [2.45, 2.75) is 19.6 Å². The minimum atomic E-state index is -0.670. The number of aryl methyl sites for hydroxylation is 1. The van der Waals surface area contributed by atoms with Crippen molar-refractivity contribution in [3.63, 3.8) is 0 Å². The molecule has 0 bridgehead atoms. The van der Waals surface area contributed by atoms with Crippen LogP contribution in [0.4, 0.5) is 0 Å². The van der Waals surface area contributed by atoms with Gasteiger partial charge in [0.2, 0.25) is 0 Å². The van der Waals surface area contributed by atoms with Gasteiger partial charge in [-0.3, -0.25) is 4.68 Å². The largest absolute Gasteiger partial charge is 0.381 e. The van der Waals surface area contributed by atoms with Crippen LogP contribution in [0.15, 0.2) is 22.8 Å². The van der Waals surface area contributed by atoms with Gasteiger partial charge in [0, 0.05) is 22.1 Å². The van der Waals surface area contributed by atoms with Crippen molar-refractivity contribution in [3.8, 4) is 0 Å². The minimum Gasteiger partial charge on any atom is -0.381 e. The lowest BCUT2D eigenvalue weighted by Gasteiger charge is -2.10. The van der Waals surface area contributed by atoms with Gasteiger partial charge in [0.15, 0.2) is 0 Å². The Kier molecular flexibility index (Phi) is 3.69. The molecule has 6 heteroatoms. The zero-order chi connectivity index (χ0) is 11.7. The summed E-state index contributed by atoms with van der Waals surface area (Å²) in [5, 5.41) is 14.3. The summed E-state index contributed by atoms with van der Waals surface area (Å²) in [4.78, 5) is 0.812. The van der Waals surface area contributed by atoms with E-state index in [1.807, 2.05) is 19.1 Å². The molecule has 0 saturated carbocycles. The monoisotopic (exact) mass is 320 g/mol. The van der Waals surface area contributed by atoms with Crippen LogP contribution in [0.1, 0.15) is 23.6 Å². The molecule has 2 aromatic heterocycles. The third-order valence-electron chi connectivity index (χ3n) is 2.26. The molecule has 0 fully saturated rings. The van der Waals surface area contributed by atoms with Gasteiger partial charge in [-0.1, -0.05) is 11.6 Å². The van der Waals surface area contributed by atoms with Gasteiger partial charge in [0.1, 0.15) is 10.4 Å². The number of aliphatic hydroxyl groups is 1. The molecule has 0 amide bonds. The third kappa shape index (κ3) is 2.18. The Morgan fingerprint density at radius 3 is 3.00 bits per heavy atom. The Bertz CT molecular complexity index is 477. The molecule has 0 aromatic carbocycles. The van der Waals surface area contributed by atoms with E-state index < -0.39 is 6.10 Å². The molecule has 0 aliphatic heterocycles. The van der Waals surface area contributed by atoms with Gasteiger partial charge in [0.05, 0.1) is 5.69 Å². The lowest BCUT2D eigenvalue weighted by Crippen LogP contribution is -2.07. The number of thiophene rings is 1. The summed E-state index contributed by atoms with van der Waals surface area (Å²) < 4.78 is 3.24. The molecule has 0 aliphatic rings. The van der Waals surface area contributed by atoms with E-state index in [2.05, 4.69) is 21.0 Å². The number of nitrogens with zero attached hydrogens (tertiary/aromatic N) is 2. The Morgan fingerprint density at radius 1 is 1.69 bits per heavy atom. The van der Waals surface area contributed by atoms with E-state index in [9.17, 15) is 5.11 Å². The Morgan fingerprint density at radius 2 is 2.44 bits per heavy atom. The number of halogens is 2. The van der Waals surface area contributed by atoms with Crippen LogP contribution in [0.2, 0.25) is 4.34 Å². The van der Waals surface area contributed by atoms with Crippen molar-refractivity contribution >= 4 is 38.9 Å². The van der Waals surface area contributed by atoms with E-state index in [1.54, 1.807) is 10.9 Å². The normalized spacial score (nSPS) is 13.0. The molecule has 3 nitrogen and oxygen atoms in total. The van der Waals surface area contributed by atoms with Gasteiger partial charge in [-0.25, -0.2) is 0 Å². The molecule has 1 N–H and O–H groups in total. The minimum absolute atomic E-state index is 0.650. The van der Waals surface area contributed by atoms with Crippen LogP contribution in [0.5, 0.6) is 0 Å². The molecule has 1 atom stereocenters. The molecule has 0 radical (unpaired) electrons. The second-order valence-electron chi connectivity index (χ2n) is 3.24. The second-order valence-corrected chi connectivity index (χ2v) is 5.78. The molecular weight excluding hydrogens is 312 g/mol. The van der Waals surface area contributed by atoms with E-state index in [0.717, 1.165) is 21.6 Å². The van der Waals surface area contributed by atoms with Crippen molar-refractivity contribution in [1.29, 1.82) is 0 Å². The summed E-state index contributed by atoms with van der Waals surface area (Å²) in [6.07, 6.45) is 1.02. The number of aromatic nitrogens is 2. The summed E-state index contributed by atoms with van der Waals surface area (Å²) >= 11 is 10.6. The fourth-order valence-corrected chi connectivity index (χ4v) is 3.22. The summed E-state index contributed by atoms with van der Waals surface area (Å²) in [7, 11) is 0. The quantitative estimate of drug-likeness (QED) is 0.940. The predicted molar refractivity (Wildman–Crippen MR) is 69.0 cm³/mol. The van der Waals surface area contributed by atoms with Gasteiger partial charge in [-0.05, 0) is 35.0 Å². The second kappa shape index (κ2) is 4.87. The SMILES string of the molecule is CCn1nccc1C(O)c1cc(Br)c(Cl)s1. The summed E-state index contributed by atoms with van der Waals surface area (Å²) in [5.74, 6) is 0. The number of rotatable bonds is 3. The van der Waals surface area contributed by atoms with E-state index in [-0.39, 0.29) is 0 Å². The first kappa shape index (κ1) is 12.1. The lowest BCUT2D eigenvalue weighted by molar-refractivity contribution is 0.212. The first-order valence-electron chi connectivity index (χ1n) is 4.78. The van der Waals surface area contributed by atoms with Crippen molar-refractivity contribution < 1.29 is 5.11 Å². The smallest absolute Gasteiger partial charge is 0.130 e. The third-order valence-corrected chi connectivity index (χ3v) is 4.79. The van der Waals surface area contributed by atoms with Crippen LogP contribution in [0.3, 0.4) is 0 Å². The summed E-state index contributed by atoms with van der Waals surface area (Å²) in [6, 6.07) is 3.65. The van der Waals surface area contributed by atoms with Crippen LogP contribution < -0.4 is 0 Å². The maximum Gasteiger partial charge on any atom is 0.130 e. The molecule has 2 rings (SSSR count). The van der Waals surface area contributed by atoms with Gasteiger partial charge in [-0.2, -0.15) is 5.10 Å². The van der Waals surface area contributed by atoms with Crippen LogP contribution in [-0.4, -0.2) is 14.9 Å². The topological polar surface area (TPSA) is 38.0 Å². The van der Waals surface area contributed by atoms with Gasteiger partial charge < -0.3 is 5.11 Å². The zero-order valence-corrected chi connectivity index (χ0v) is 11.7. The van der Waals surface area contributed by atoms with E-state index in [4.69, 9.17) is 11.6 Å². The molecule has 1 unspecified atom stereocenters. The molecule has 0 spiro atoms. The predicted octanol–water partition coefficient (Wildman–Crippen LogP) is 3.46. The fourth-order valence-electron chi connectivity index (χ4n) is 1.48. The van der Waals surface area contributed by atoms with Crippen LogP contribution in [0.25, 0.3) is 0 Å². The lowest BCUT2D eigenvalue weighted by atomic mass is 10.2. The highest BCUT2D eigenvalue weighted by Crippen LogP contribution is 2.37. The standard InChI is InChI=1S/C10H10BrClN2OS/c1-2-14-7(3-4-13-14)9(15)8-5-6(11)10(12)16-8/h3-5,9,15H,2H2,1H3. The van der Waals surface area contributed by atoms with Gasteiger partial charge in [0.25, 0.3) is 0 Å². The molecule has 0 aliphatic carbocycles. The van der Waals surface area contributed by atoms with E-state index >= 15 is 0 Å². The van der Waals surface area contributed by atoms with Crippen molar-refractivity contribution in [2.24, 2.45) is 0 Å². The first-order valence-corrected chi connectivity index (χ1v) is 6.76. The number of hydrogen-bond acceptors (Lipinski definition) is 3. The van der Waals surface area contributed by atoms with Gasteiger partial charge >= 0.3 is 0 Å². The van der Waals surface area contributed by atoms with Crippen molar-refractivity contribution in [2.75, 3.05) is 0 Å². The zero-order valence-electron chi connectivity index (χ0n) is 8.52. The van der Waals surface area contributed by atoms with Crippen LogP contribution in [-0.2, 0) is 6.54 Å². The summed E-state index contributed by atoms with van der Waals surface area (Å²) in [5.41, 5.74) is 0.785. The molecule has 86 valence electrons. The molecule has 2 aromatic rings. The highest BCUT2D eigenvalue weighted by atomic mass is 79.9. The molecular formula is C10H10BrClN2OS. The van der Waals surface area contributed by atoms with Crippen molar-refractivity contribution in [1.82, 2.24) is 9.78 Å². The maximum atomic E-state index is 10.2. The highest BCUT2D eigenvalue weighted by Gasteiger charge is 2.18. The fraction of sp³-hybridized carbons (Fsp3) is 0.300. The Labute approximate surface area is 111 Å². The van der Waals surface area contributed by atoms with Gasteiger partial charge in [-0.15, -0.1) is 11.3 Å². The van der Waals surface area contributed by atoms with Crippen LogP contribution in [0, 0.1) is 0 Å². The average Bonchev–Trinajstić information content (AvgIpc) is 2.85. The average molecular weight is 322 g/mol. The highest BCUT2D eigenvalue weighted by molar-refractivity contribution is 9.10. The first-order chi connectivity index (χ1) is 7.63. The molecule has 2 heterocycles. The number of hydrogen-bond donors (Lipinski definition) is 1. The van der Waals surface area contributed by atoms with Crippen LogP contribution >= 0.6 is 38.9 Å². The Hall–Kier alpha value is -0.360.